The number of fused-ring (bicyclic) bond motifs is 5. The molecule has 7 rings (SSSR count). The van der Waals surface area contributed by atoms with E-state index < -0.39 is 0 Å². The Morgan fingerprint density at radius 1 is 0.886 bits per heavy atom. The van der Waals surface area contributed by atoms with Gasteiger partial charge in [-0.05, 0) is 88.9 Å². The summed E-state index contributed by atoms with van der Waals surface area (Å²) in [5.74, 6) is 1.93. The molecule has 0 amide bonds. The summed E-state index contributed by atoms with van der Waals surface area (Å²) in [5, 5.41) is 7.17. The molecule has 3 aliphatic rings. The molecule has 4 heteroatoms. The zero-order valence-corrected chi connectivity index (χ0v) is 20.9. The van der Waals surface area contributed by atoms with E-state index in [0.29, 0.717) is 12.1 Å². The van der Waals surface area contributed by atoms with Gasteiger partial charge >= 0.3 is 0 Å². The summed E-state index contributed by atoms with van der Waals surface area (Å²) in [6.45, 7) is 4.69. The minimum absolute atomic E-state index is 0.0241. The number of anilines is 1. The topological polar surface area (TPSA) is 52.7 Å². The summed E-state index contributed by atoms with van der Waals surface area (Å²) in [6, 6.07) is 21.5. The number of H-pyrrole nitrogens is 1. The fourth-order valence-electron chi connectivity index (χ4n) is 6.98. The summed E-state index contributed by atoms with van der Waals surface area (Å²) in [7, 11) is 1.99. The molecule has 1 saturated heterocycles. The molecule has 3 atom stereocenters. The maximum atomic E-state index is 4.99. The molecule has 178 valence electrons. The molecule has 0 bridgehead atoms. The highest BCUT2D eigenvalue weighted by atomic mass is 15.1. The Bertz CT molecular complexity index is 1430. The van der Waals surface area contributed by atoms with E-state index in [1.807, 2.05) is 7.05 Å². The number of benzene rings is 3. The van der Waals surface area contributed by atoms with Crippen molar-refractivity contribution in [2.45, 2.75) is 63.5 Å². The normalized spacial score (nSPS) is 24.3. The molecule has 0 radical (unpaired) electrons. The molecule has 0 spiro atoms. The third-order valence-corrected chi connectivity index (χ3v) is 8.99. The van der Waals surface area contributed by atoms with E-state index in [4.69, 9.17) is 4.98 Å². The van der Waals surface area contributed by atoms with Crippen LogP contribution in [0.25, 0.3) is 33.3 Å². The van der Waals surface area contributed by atoms with Gasteiger partial charge < -0.3 is 15.6 Å². The molecular formula is C31H34N4. The first-order valence-corrected chi connectivity index (χ1v) is 13.2. The number of imidazole rings is 1. The van der Waals surface area contributed by atoms with Crippen LogP contribution in [-0.2, 0) is 5.41 Å². The second-order valence-corrected chi connectivity index (χ2v) is 11.4. The van der Waals surface area contributed by atoms with E-state index in [9.17, 15) is 0 Å². The molecule has 2 fully saturated rings. The van der Waals surface area contributed by atoms with Crippen LogP contribution in [0.5, 0.6) is 0 Å². The van der Waals surface area contributed by atoms with Crippen molar-refractivity contribution in [3.05, 3.63) is 71.5 Å². The number of nitrogens with one attached hydrogen (secondary N) is 3. The van der Waals surface area contributed by atoms with Crippen molar-refractivity contribution < 1.29 is 0 Å². The predicted molar refractivity (Wildman–Crippen MR) is 145 cm³/mol. The molecule has 35 heavy (non-hydrogen) atoms. The maximum Gasteiger partial charge on any atom is 0.124 e. The minimum Gasteiger partial charge on any atom is -0.388 e. The monoisotopic (exact) mass is 462 g/mol. The van der Waals surface area contributed by atoms with Crippen LogP contribution in [0.2, 0.25) is 0 Å². The minimum atomic E-state index is -0.0241. The first-order valence-electron chi connectivity index (χ1n) is 13.2. The highest BCUT2D eigenvalue weighted by Gasteiger charge is 2.37. The molecule has 2 aliphatic carbocycles. The third kappa shape index (κ3) is 3.26. The molecule has 4 aromatic rings. The number of aromatic nitrogens is 2. The Labute approximate surface area is 207 Å². The van der Waals surface area contributed by atoms with E-state index in [1.54, 1.807) is 0 Å². The highest BCUT2D eigenvalue weighted by molar-refractivity contribution is 5.87. The van der Waals surface area contributed by atoms with E-state index in [2.05, 4.69) is 84.1 Å². The number of rotatable bonds is 3. The predicted octanol–water partition coefficient (Wildman–Crippen LogP) is 7.17. The van der Waals surface area contributed by atoms with Crippen LogP contribution in [0.15, 0.2) is 54.6 Å². The molecule has 3 aromatic carbocycles. The number of aromatic amines is 1. The quantitative estimate of drug-likeness (QED) is 0.302. The van der Waals surface area contributed by atoms with Crippen LogP contribution in [-0.4, -0.2) is 23.1 Å². The Hall–Kier alpha value is -3.11. The van der Waals surface area contributed by atoms with Gasteiger partial charge in [0, 0.05) is 24.2 Å². The smallest absolute Gasteiger partial charge is 0.124 e. The maximum absolute atomic E-state index is 4.99. The van der Waals surface area contributed by atoms with Crippen LogP contribution >= 0.6 is 0 Å². The van der Waals surface area contributed by atoms with Crippen molar-refractivity contribution in [1.29, 1.82) is 0 Å². The lowest BCUT2D eigenvalue weighted by Gasteiger charge is -2.24. The van der Waals surface area contributed by atoms with Gasteiger partial charge in [-0.25, -0.2) is 4.98 Å². The second-order valence-electron chi connectivity index (χ2n) is 11.4. The summed E-state index contributed by atoms with van der Waals surface area (Å²) in [5.41, 5.74) is 11.4. The average molecular weight is 463 g/mol. The number of hydrogen-bond acceptors (Lipinski definition) is 3. The van der Waals surface area contributed by atoms with Crippen LogP contribution in [0, 0.1) is 5.92 Å². The Kier molecular flexibility index (Phi) is 4.66. The summed E-state index contributed by atoms with van der Waals surface area (Å²) < 4.78 is 0. The zero-order valence-electron chi connectivity index (χ0n) is 20.9. The SMILES string of the molecule is CNc1ccc2c(c1)C(C)(C)c1cc(-c3ccc4nc(C5C[C@@H]6CCCC[C@@H]6N5)[nH]c4c3)ccc1-2. The third-order valence-electron chi connectivity index (χ3n) is 8.99. The standard InChI is InChI=1S/C31H34N4/c1-31(2)24-14-18(8-11-22(24)23-12-10-21(32-3)17-25(23)31)19-9-13-27-28(15-19)35-30(34-27)29-16-20-6-4-5-7-26(20)33-29/h8-15,17,20,26,29,32-33H,4-7,16H2,1-3H3,(H,34,35)/t20-,26-,29?/m0/s1. The van der Waals surface area contributed by atoms with Gasteiger partial charge in [0.15, 0.2) is 0 Å². The van der Waals surface area contributed by atoms with Crippen molar-refractivity contribution in [1.82, 2.24) is 15.3 Å². The molecule has 1 aromatic heterocycles. The fraction of sp³-hybridized carbons (Fsp3) is 0.387. The van der Waals surface area contributed by atoms with Gasteiger partial charge in [-0.15, -0.1) is 0 Å². The van der Waals surface area contributed by atoms with Crippen LogP contribution < -0.4 is 10.6 Å². The van der Waals surface area contributed by atoms with Gasteiger partial charge in [0.2, 0.25) is 0 Å². The summed E-state index contributed by atoms with van der Waals surface area (Å²) in [4.78, 5) is 8.66. The Morgan fingerprint density at radius 2 is 1.63 bits per heavy atom. The van der Waals surface area contributed by atoms with Crippen LogP contribution in [0.1, 0.15) is 68.9 Å². The molecule has 1 saturated carbocycles. The van der Waals surface area contributed by atoms with Crippen molar-refractivity contribution in [2.24, 2.45) is 5.92 Å². The number of nitrogens with zero attached hydrogens (tertiary/aromatic N) is 1. The van der Waals surface area contributed by atoms with E-state index in [1.165, 1.54) is 71.2 Å². The van der Waals surface area contributed by atoms with Gasteiger partial charge in [0.05, 0.1) is 17.1 Å². The Balaban J connectivity index is 1.22. The van der Waals surface area contributed by atoms with Gasteiger partial charge in [0.25, 0.3) is 0 Å². The fourth-order valence-corrected chi connectivity index (χ4v) is 6.98. The van der Waals surface area contributed by atoms with Crippen molar-refractivity contribution in [3.8, 4) is 22.3 Å². The lowest BCUT2D eigenvalue weighted by molar-refractivity contribution is 0.325. The zero-order chi connectivity index (χ0) is 23.7. The van der Waals surface area contributed by atoms with Crippen molar-refractivity contribution >= 4 is 16.7 Å². The van der Waals surface area contributed by atoms with E-state index >= 15 is 0 Å². The number of hydrogen-bond donors (Lipinski definition) is 3. The van der Waals surface area contributed by atoms with Gasteiger partial charge in [-0.1, -0.05) is 51.0 Å². The van der Waals surface area contributed by atoms with Crippen LogP contribution in [0.3, 0.4) is 0 Å². The lowest BCUT2D eigenvalue weighted by Crippen LogP contribution is -2.30. The second kappa shape index (κ2) is 7.69. The first-order chi connectivity index (χ1) is 17.0. The van der Waals surface area contributed by atoms with Gasteiger partial charge in [-0.2, -0.15) is 0 Å². The van der Waals surface area contributed by atoms with Crippen LogP contribution in [0.4, 0.5) is 5.69 Å². The summed E-state index contributed by atoms with van der Waals surface area (Å²) in [6.07, 6.45) is 6.66. The molecule has 2 heterocycles. The largest absolute Gasteiger partial charge is 0.388 e. The first kappa shape index (κ1) is 21.2. The molecule has 1 aliphatic heterocycles. The van der Waals surface area contributed by atoms with Crippen molar-refractivity contribution in [2.75, 3.05) is 12.4 Å². The van der Waals surface area contributed by atoms with E-state index in [-0.39, 0.29) is 5.41 Å². The molecule has 1 unspecified atom stereocenters. The molecule has 3 N–H and O–H groups in total. The highest BCUT2D eigenvalue weighted by Crippen LogP contribution is 2.50. The van der Waals surface area contributed by atoms with E-state index in [0.717, 1.165) is 22.8 Å². The van der Waals surface area contributed by atoms with Gasteiger partial charge in [0.1, 0.15) is 5.82 Å². The summed E-state index contributed by atoms with van der Waals surface area (Å²) >= 11 is 0. The molecule has 4 nitrogen and oxygen atoms in total. The molecular weight excluding hydrogens is 428 g/mol. The Morgan fingerprint density at radius 3 is 2.46 bits per heavy atom. The average Bonchev–Trinajstić information content (AvgIpc) is 3.56. The van der Waals surface area contributed by atoms with Crippen molar-refractivity contribution in [3.63, 3.8) is 0 Å². The van der Waals surface area contributed by atoms with Gasteiger partial charge in [-0.3, -0.25) is 0 Å². The lowest BCUT2D eigenvalue weighted by atomic mass is 9.81.